The number of nitrogens with zero attached hydrogens (tertiary/aromatic N) is 1. The Balaban J connectivity index is 1.32. The molecule has 4 aliphatic rings. The van der Waals surface area contributed by atoms with Crippen LogP contribution in [-0.2, 0) is 14.2 Å². The van der Waals surface area contributed by atoms with E-state index in [1.807, 2.05) is 13.8 Å². The molecular formula is C22H39NO5. The van der Waals surface area contributed by atoms with Crippen molar-refractivity contribution >= 4 is 0 Å². The van der Waals surface area contributed by atoms with Crippen molar-refractivity contribution in [3.63, 3.8) is 0 Å². The molecule has 0 amide bonds. The van der Waals surface area contributed by atoms with Gasteiger partial charge in [0.15, 0.2) is 0 Å². The van der Waals surface area contributed by atoms with Gasteiger partial charge in [0.2, 0.25) is 0 Å². The molecule has 0 aromatic carbocycles. The van der Waals surface area contributed by atoms with E-state index in [9.17, 15) is 10.2 Å². The predicted octanol–water partition coefficient (Wildman–Crippen LogP) is 2.11. The van der Waals surface area contributed by atoms with E-state index in [0.29, 0.717) is 13.2 Å². The lowest BCUT2D eigenvalue weighted by Crippen LogP contribution is -2.56. The first kappa shape index (κ1) is 21.0. The summed E-state index contributed by atoms with van der Waals surface area (Å²) < 4.78 is 18.1. The fourth-order valence-corrected chi connectivity index (χ4v) is 5.76. The Morgan fingerprint density at radius 1 is 1.00 bits per heavy atom. The van der Waals surface area contributed by atoms with E-state index in [2.05, 4.69) is 11.8 Å². The number of ether oxygens (including phenoxy) is 3. The highest BCUT2D eigenvalue weighted by molar-refractivity contribution is 5.03. The molecule has 6 nitrogen and oxygen atoms in total. The number of likely N-dealkylation sites (tertiary alicyclic amines) is 1. The molecule has 4 saturated heterocycles. The lowest BCUT2D eigenvalue weighted by Gasteiger charge is -2.49. The third kappa shape index (κ3) is 4.14. The van der Waals surface area contributed by atoms with Crippen LogP contribution in [0.25, 0.3) is 0 Å². The van der Waals surface area contributed by atoms with Crippen molar-refractivity contribution < 1.29 is 24.4 Å². The normalized spacial score (nSPS) is 40.6. The lowest BCUT2D eigenvalue weighted by molar-refractivity contribution is -0.245. The highest BCUT2D eigenvalue weighted by Crippen LogP contribution is 2.49. The van der Waals surface area contributed by atoms with Gasteiger partial charge in [-0.3, -0.25) is 0 Å². The van der Waals surface area contributed by atoms with Gasteiger partial charge in [-0.25, -0.2) is 0 Å². The van der Waals surface area contributed by atoms with Crippen molar-refractivity contribution in [1.82, 2.24) is 4.90 Å². The molecule has 4 aliphatic heterocycles. The zero-order chi connectivity index (χ0) is 20.0. The van der Waals surface area contributed by atoms with Crippen molar-refractivity contribution in [1.29, 1.82) is 0 Å². The topological polar surface area (TPSA) is 71.4 Å². The molecule has 0 bridgehead atoms. The van der Waals surface area contributed by atoms with Crippen LogP contribution >= 0.6 is 0 Å². The van der Waals surface area contributed by atoms with E-state index in [1.54, 1.807) is 0 Å². The average Bonchev–Trinajstić information content (AvgIpc) is 3.06. The van der Waals surface area contributed by atoms with Crippen LogP contribution in [0.15, 0.2) is 0 Å². The maximum Gasteiger partial charge on any atom is 0.0924 e. The predicted molar refractivity (Wildman–Crippen MR) is 106 cm³/mol. The van der Waals surface area contributed by atoms with Gasteiger partial charge in [0.05, 0.1) is 35.6 Å². The molecule has 0 aromatic rings. The summed E-state index contributed by atoms with van der Waals surface area (Å²) in [5.41, 5.74) is -1.17. The average molecular weight is 398 g/mol. The van der Waals surface area contributed by atoms with Gasteiger partial charge in [0.1, 0.15) is 0 Å². The molecule has 4 rings (SSSR count). The summed E-state index contributed by atoms with van der Waals surface area (Å²) in [7, 11) is 0. The zero-order valence-corrected chi connectivity index (χ0v) is 17.9. The van der Waals surface area contributed by atoms with Crippen LogP contribution in [0, 0.1) is 5.41 Å². The molecule has 4 fully saturated rings. The molecule has 2 N–H and O–H groups in total. The van der Waals surface area contributed by atoms with E-state index < -0.39 is 17.3 Å². The van der Waals surface area contributed by atoms with Gasteiger partial charge in [0, 0.05) is 32.6 Å². The minimum Gasteiger partial charge on any atom is -0.390 e. The molecule has 0 radical (unpaired) electrons. The summed E-state index contributed by atoms with van der Waals surface area (Å²) in [6.45, 7) is 11.1. The highest BCUT2D eigenvalue weighted by Gasteiger charge is 2.53. The summed E-state index contributed by atoms with van der Waals surface area (Å²) in [6, 6.07) is 0. The Labute approximate surface area is 169 Å². The van der Waals surface area contributed by atoms with Crippen LogP contribution in [0.1, 0.15) is 65.7 Å². The Morgan fingerprint density at radius 2 is 1.68 bits per heavy atom. The third-order valence-corrected chi connectivity index (χ3v) is 7.96. The molecule has 162 valence electrons. The van der Waals surface area contributed by atoms with Crippen molar-refractivity contribution in [2.24, 2.45) is 5.41 Å². The van der Waals surface area contributed by atoms with E-state index in [1.165, 1.54) is 0 Å². The standard InChI is InChI=1S/C22H39NO5/c1-19(2)17(24)4-5-20(3,28-19)18-14-21(16-27-18)6-10-23(11-7-21)15-22(25)8-12-26-13-9-22/h17-18,24-25H,4-16H2,1-3H3/t17-,18+,20+/m0/s1. The molecule has 0 aliphatic carbocycles. The van der Waals surface area contributed by atoms with Gasteiger partial charge in [0.25, 0.3) is 0 Å². The first-order valence-electron chi connectivity index (χ1n) is 11.2. The molecule has 6 heteroatoms. The second-order valence-electron chi connectivity index (χ2n) is 10.7. The number of aliphatic hydroxyl groups is 2. The summed E-state index contributed by atoms with van der Waals surface area (Å²) in [6.07, 6.45) is 6.10. The number of piperidine rings is 1. The minimum atomic E-state index is -0.576. The lowest BCUT2D eigenvalue weighted by atomic mass is 9.73. The van der Waals surface area contributed by atoms with Crippen LogP contribution in [-0.4, -0.2) is 83.6 Å². The van der Waals surface area contributed by atoms with Gasteiger partial charge in [-0.15, -0.1) is 0 Å². The fraction of sp³-hybridized carbons (Fsp3) is 1.00. The first-order valence-corrected chi connectivity index (χ1v) is 11.2. The van der Waals surface area contributed by atoms with Crippen molar-refractivity contribution in [2.45, 2.75) is 94.7 Å². The number of aliphatic hydroxyl groups excluding tert-OH is 1. The molecule has 1 spiro atoms. The van der Waals surface area contributed by atoms with Crippen LogP contribution in [0.4, 0.5) is 0 Å². The second-order valence-corrected chi connectivity index (χ2v) is 10.7. The molecule has 0 saturated carbocycles. The number of hydrogen-bond acceptors (Lipinski definition) is 6. The van der Waals surface area contributed by atoms with Crippen molar-refractivity contribution in [3.8, 4) is 0 Å². The molecule has 4 heterocycles. The third-order valence-electron chi connectivity index (χ3n) is 7.96. The molecule has 3 atom stereocenters. The summed E-state index contributed by atoms with van der Waals surface area (Å²) in [5.74, 6) is 0. The Bertz CT molecular complexity index is 553. The number of β-amino-alcohol motifs (C(OH)–C–C–N with tert-alkyl or cyclic N) is 1. The molecule has 0 unspecified atom stereocenters. The summed E-state index contributed by atoms with van der Waals surface area (Å²) >= 11 is 0. The summed E-state index contributed by atoms with van der Waals surface area (Å²) in [4.78, 5) is 2.43. The van der Waals surface area contributed by atoms with Crippen LogP contribution in [0.5, 0.6) is 0 Å². The molecule has 0 aromatic heterocycles. The number of hydrogen-bond donors (Lipinski definition) is 2. The van der Waals surface area contributed by atoms with Crippen LogP contribution < -0.4 is 0 Å². The monoisotopic (exact) mass is 397 g/mol. The van der Waals surface area contributed by atoms with Gasteiger partial charge >= 0.3 is 0 Å². The van der Waals surface area contributed by atoms with Crippen molar-refractivity contribution in [2.75, 3.05) is 39.5 Å². The van der Waals surface area contributed by atoms with E-state index in [-0.39, 0.29) is 17.1 Å². The zero-order valence-electron chi connectivity index (χ0n) is 17.9. The molecule has 28 heavy (non-hydrogen) atoms. The van der Waals surface area contributed by atoms with Gasteiger partial charge in [-0.1, -0.05) is 0 Å². The maximum absolute atomic E-state index is 10.8. The number of rotatable bonds is 3. The smallest absolute Gasteiger partial charge is 0.0924 e. The SMILES string of the molecule is CC1(C)O[C@@](C)([C@H]2CC3(CCN(CC4(O)CCOCC4)CC3)CO2)CC[C@@H]1O. The highest BCUT2D eigenvalue weighted by atomic mass is 16.6. The Kier molecular flexibility index (Phi) is 5.60. The Morgan fingerprint density at radius 3 is 2.32 bits per heavy atom. The van der Waals surface area contributed by atoms with E-state index in [0.717, 1.165) is 71.2 Å². The quantitative estimate of drug-likeness (QED) is 0.760. The Hall–Kier alpha value is -0.240. The summed E-state index contributed by atoms with van der Waals surface area (Å²) in [5, 5.41) is 21.1. The largest absolute Gasteiger partial charge is 0.390 e. The first-order chi connectivity index (χ1) is 13.1. The van der Waals surface area contributed by atoms with Crippen molar-refractivity contribution in [3.05, 3.63) is 0 Å². The molecular weight excluding hydrogens is 358 g/mol. The maximum atomic E-state index is 10.8. The second kappa shape index (κ2) is 7.47. The minimum absolute atomic E-state index is 0.102. The van der Waals surface area contributed by atoms with Gasteiger partial charge in [-0.2, -0.15) is 0 Å². The fourth-order valence-electron chi connectivity index (χ4n) is 5.76. The van der Waals surface area contributed by atoms with E-state index >= 15 is 0 Å². The van der Waals surface area contributed by atoms with E-state index in [4.69, 9.17) is 14.2 Å². The van der Waals surface area contributed by atoms with Crippen LogP contribution in [0.3, 0.4) is 0 Å². The van der Waals surface area contributed by atoms with Gasteiger partial charge in [-0.05, 0) is 71.4 Å². The van der Waals surface area contributed by atoms with Gasteiger partial charge < -0.3 is 29.3 Å². The van der Waals surface area contributed by atoms with Crippen LogP contribution in [0.2, 0.25) is 0 Å².